The molecule has 3 rings (SSSR count). The molecule has 0 radical (unpaired) electrons. The fourth-order valence-electron chi connectivity index (χ4n) is 3.10. The summed E-state index contributed by atoms with van der Waals surface area (Å²) in [7, 11) is -1.43. The Balaban J connectivity index is 1.80. The number of rotatable bonds is 6. The minimum absolute atomic E-state index is 0.0498. The Labute approximate surface area is 157 Å². The Morgan fingerprint density at radius 3 is 2.65 bits per heavy atom. The highest BCUT2D eigenvalue weighted by molar-refractivity contribution is 7.91. The van der Waals surface area contributed by atoms with Crippen molar-refractivity contribution >= 4 is 27.1 Å². The van der Waals surface area contributed by atoms with Crippen molar-refractivity contribution in [1.29, 1.82) is 0 Å². The molecule has 0 saturated carbocycles. The molecule has 1 aliphatic rings. The zero-order valence-electron chi connectivity index (χ0n) is 14.8. The highest BCUT2D eigenvalue weighted by Gasteiger charge is 2.35. The minimum atomic E-state index is -3.04. The van der Waals surface area contributed by atoms with E-state index in [9.17, 15) is 13.2 Å². The number of methoxy groups -OCH3 is 1. The largest absolute Gasteiger partial charge is 0.497 e. The van der Waals surface area contributed by atoms with E-state index in [-0.39, 0.29) is 23.5 Å². The monoisotopic (exact) mass is 394 g/mol. The second-order valence-corrected chi connectivity index (χ2v) is 9.41. The Morgan fingerprint density at radius 1 is 1.35 bits per heavy atom. The molecule has 1 aromatic carbocycles. The lowest BCUT2D eigenvalue weighted by Crippen LogP contribution is -2.41. The van der Waals surface area contributed by atoms with Crippen LogP contribution in [-0.4, -0.2) is 55.4 Å². The SMILES string of the molecule is CCCN(C(=O)c1csc(-c2ccc(OC)cc2)n1)C1CCS(=O)(=O)C1. The van der Waals surface area contributed by atoms with Gasteiger partial charge in [-0.15, -0.1) is 11.3 Å². The summed E-state index contributed by atoms with van der Waals surface area (Å²) in [4.78, 5) is 19.1. The molecule has 1 fully saturated rings. The van der Waals surface area contributed by atoms with Crippen molar-refractivity contribution in [3.63, 3.8) is 0 Å². The summed E-state index contributed by atoms with van der Waals surface area (Å²) in [5, 5.41) is 2.50. The topological polar surface area (TPSA) is 76.6 Å². The third kappa shape index (κ3) is 4.07. The molecule has 0 bridgehead atoms. The van der Waals surface area contributed by atoms with Crippen LogP contribution < -0.4 is 4.74 Å². The van der Waals surface area contributed by atoms with Gasteiger partial charge in [0.15, 0.2) is 9.84 Å². The highest BCUT2D eigenvalue weighted by atomic mass is 32.2. The second-order valence-electron chi connectivity index (χ2n) is 6.32. The molecule has 140 valence electrons. The van der Waals surface area contributed by atoms with Gasteiger partial charge in [0.1, 0.15) is 16.5 Å². The molecule has 2 aromatic rings. The van der Waals surface area contributed by atoms with Gasteiger partial charge in [0.05, 0.1) is 18.6 Å². The van der Waals surface area contributed by atoms with Crippen molar-refractivity contribution in [1.82, 2.24) is 9.88 Å². The summed E-state index contributed by atoms with van der Waals surface area (Å²) in [6.45, 7) is 2.52. The van der Waals surface area contributed by atoms with Crippen LogP contribution in [0.1, 0.15) is 30.3 Å². The van der Waals surface area contributed by atoms with E-state index >= 15 is 0 Å². The van der Waals surface area contributed by atoms with Crippen LogP contribution in [0.25, 0.3) is 10.6 Å². The number of sulfone groups is 1. The number of thiazole rings is 1. The van der Waals surface area contributed by atoms with Crippen LogP contribution in [0.3, 0.4) is 0 Å². The number of carbonyl (C=O) groups excluding carboxylic acids is 1. The van der Waals surface area contributed by atoms with Crippen molar-refractivity contribution in [3.05, 3.63) is 35.3 Å². The van der Waals surface area contributed by atoms with E-state index in [4.69, 9.17) is 4.74 Å². The van der Waals surface area contributed by atoms with Crippen molar-refractivity contribution in [2.45, 2.75) is 25.8 Å². The Morgan fingerprint density at radius 2 is 2.08 bits per heavy atom. The van der Waals surface area contributed by atoms with Gasteiger partial charge in [0, 0.05) is 23.5 Å². The van der Waals surface area contributed by atoms with Gasteiger partial charge in [0.25, 0.3) is 5.91 Å². The molecule has 1 saturated heterocycles. The normalized spacial score (nSPS) is 18.6. The molecule has 0 spiro atoms. The van der Waals surface area contributed by atoms with E-state index in [1.807, 2.05) is 31.2 Å². The van der Waals surface area contributed by atoms with Crippen LogP contribution in [-0.2, 0) is 9.84 Å². The zero-order valence-corrected chi connectivity index (χ0v) is 16.5. The molecule has 8 heteroatoms. The first kappa shape index (κ1) is 18.8. The van der Waals surface area contributed by atoms with Gasteiger partial charge >= 0.3 is 0 Å². The summed E-state index contributed by atoms with van der Waals surface area (Å²) in [6, 6.07) is 7.26. The van der Waals surface area contributed by atoms with Gasteiger partial charge in [-0.2, -0.15) is 0 Å². The van der Waals surface area contributed by atoms with E-state index in [0.29, 0.717) is 18.7 Å². The van der Waals surface area contributed by atoms with Gasteiger partial charge in [-0.05, 0) is 37.1 Å². The molecule has 1 unspecified atom stereocenters. The minimum Gasteiger partial charge on any atom is -0.497 e. The predicted octanol–water partition coefficient (Wildman–Crippen LogP) is 2.86. The van der Waals surface area contributed by atoms with E-state index in [1.54, 1.807) is 17.4 Å². The molecule has 1 aromatic heterocycles. The second kappa shape index (κ2) is 7.75. The van der Waals surface area contributed by atoms with Crippen LogP contribution in [0, 0.1) is 0 Å². The third-order valence-electron chi connectivity index (χ3n) is 4.43. The lowest BCUT2D eigenvalue weighted by molar-refractivity contribution is 0.0692. The summed E-state index contributed by atoms with van der Waals surface area (Å²) in [5.74, 6) is 0.774. The molecule has 26 heavy (non-hydrogen) atoms. The fourth-order valence-corrected chi connectivity index (χ4v) is 5.63. The van der Waals surface area contributed by atoms with Crippen LogP contribution in [0.4, 0.5) is 0 Å². The van der Waals surface area contributed by atoms with Crippen LogP contribution in [0.2, 0.25) is 0 Å². The van der Waals surface area contributed by atoms with Crippen LogP contribution in [0.15, 0.2) is 29.6 Å². The van der Waals surface area contributed by atoms with Gasteiger partial charge in [-0.1, -0.05) is 6.92 Å². The van der Waals surface area contributed by atoms with E-state index < -0.39 is 9.84 Å². The number of hydrogen-bond donors (Lipinski definition) is 0. The smallest absolute Gasteiger partial charge is 0.273 e. The van der Waals surface area contributed by atoms with E-state index in [1.165, 1.54) is 11.3 Å². The quantitative estimate of drug-likeness (QED) is 0.753. The molecular weight excluding hydrogens is 372 g/mol. The first-order valence-electron chi connectivity index (χ1n) is 8.55. The zero-order chi connectivity index (χ0) is 18.7. The lowest BCUT2D eigenvalue weighted by Gasteiger charge is -2.27. The lowest BCUT2D eigenvalue weighted by atomic mass is 10.2. The van der Waals surface area contributed by atoms with Crippen molar-refractivity contribution in [2.24, 2.45) is 0 Å². The first-order chi connectivity index (χ1) is 12.4. The highest BCUT2D eigenvalue weighted by Crippen LogP contribution is 2.27. The summed E-state index contributed by atoms with van der Waals surface area (Å²) in [6.07, 6.45) is 1.28. The number of nitrogens with zero attached hydrogens (tertiary/aromatic N) is 2. The number of benzene rings is 1. The summed E-state index contributed by atoms with van der Waals surface area (Å²) in [5.41, 5.74) is 1.29. The number of aromatic nitrogens is 1. The van der Waals surface area contributed by atoms with Gasteiger partial charge in [-0.3, -0.25) is 4.79 Å². The molecule has 1 atom stereocenters. The third-order valence-corrected chi connectivity index (χ3v) is 7.08. The van der Waals surface area contributed by atoms with Gasteiger partial charge in [-0.25, -0.2) is 13.4 Å². The van der Waals surface area contributed by atoms with Crippen LogP contribution in [0.5, 0.6) is 5.75 Å². The maximum Gasteiger partial charge on any atom is 0.273 e. The Hall–Kier alpha value is -1.93. The van der Waals surface area contributed by atoms with Crippen molar-refractivity contribution in [3.8, 4) is 16.3 Å². The Bertz CT molecular complexity index is 875. The summed E-state index contributed by atoms with van der Waals surface area (Å²) < 4.78 is 28.7. The number of amides is 1. The van der Waals surface area contributed by atoms with Crippen molar-refractivity contribution in [2.75, 3.05) is 25.2 Å². The molecule has 0 aliphatic carbocycles. The fraction of sp³-hybridized carbons (Fsp3) is 0.444. The standard InChI is InChI=1S/C18H22N2O4S2/c1-3-9-20(14-8-10-26(22,23)12-14)18(21)16-11-25-17(19-16)13-4-6-15(24-2)7-5-13/h4-7,11,14H,3,8-10,12H2,1-2H3. The predicted molar refractivity (Wildman–Crippen MR) is 102 cm³/mol. The summed E-state index contributed by atoms with van der Waals surface area (Å²) >= 11 is 1.40. The molecule has 1 aliphatic heterocycles. The van der Waals surface area contributed by atoms with Crippen LogP contribution >= 0.6 is 11.3 Å². The first-order valence-corrected chi connectivity index (χ1v) is 11.2. The number of hydrogen-bond acceptors (Lipinski definition) is 6. The van der Waals surface area contributed by atoms with E-state index in [2.05, 4.69) is 4.98 Å². The Kier molecular flexibility index (Phi) is 5.62. The number of carbonyl (C=O) groups is 1. The maximum absolute atomic E-state index is 12.9. The molecule has 2 heterocycles. The molecular formula is C18H22N2O4S2. The van der Waals surface area contributed by atoms with Gasteiger partial charge in [0.2, 0.25) is 0 Å². The average molecular weight is 395 g/mol. The molecule has 6 nitrogen and oxygen atoms in total. The molecule has 1 amide bonds. The number of ether oxygens (including phenoxy) is 1. The van der Waals surface area contributed by atoms with Crippen molar-refractivity contribution < 1.29 is 17.9 Å². The molecule has 0 N–H and O–H groups in total. The van der Waals surface area contributed by atoms with E-state index in [0.717, 1.165) is 22.7 Å². The average Bonchev–Trinajstić information content (AvgIpc) is 3.26. The maximum atomic E-state index is 12.9. The van der Waals surface area contributed by atoms with Gasteiger partial charge < -0.3 is 9.64 Å².